The molecule has 0 saturated heterocycles. The van der Waals surface area contributed by atoms with Crippen LogP contribution in [0.3, 0.4) is 0 Å². The summed E-state index contributed by atoms with van der Waals surface area (Å²) < 4.78 is 16.7. The molecule has 32 heavy (non-hydrogen) atoms. The number of furan rings is 1. The number of methoxy groups -OCH3 is 1. The van der Waals surface area contributed by atoms with Crippen molar-refractivity contribution < 1.29 is 28.4 Å². The molecule has 0 aliphatic rings. The molecule has 0 atom stereocenters. The van der Waals surface area contributed by atoms with Gasteiger partial charge in [-0.25, -0.2) is 10.2 Å². The standard InChI is InChI=1S/C20H19N5O7/c1-12-19(25(28)29)13(2)24(23-12)11-18(26)22-21-10-14-6-7-15(17(9-14)30-3)32-20(27)16-5-4-8-31-16/h4-10H,11H2,1-3H3,(H,22,26). The first-order chi connectivity index (χ1) is 15.3. The van der Waals surface area contributed by atoms with Crippen molar-refractivity contribution in [3.05, 3.63) is 69.4 Å². The van der Waals surface area contributed by atoms with Crippen molar-refractivity contribution in [1.29, 1.82) is 0 Å². The molecule has 166 valence electrons. The van der Waals surface area contributed by atoms with Crippen LogP contribution >= 0.6 is 0 Å². The predicted octanol–water partition coefficient (Wildman–Crippen LogP) is 2.38. The molecule has 3 aromatic rings. The SMILES string of the molecule is COc1cc(C=NNC(=O)Cn2nc(C)c([N+](=O)[O-])c2C)ccc1OC(=O)c1ccco1. The van der Waals surface area contributed by atoms with E-state index in [1.807, 2.05) is 0 Å². The van der Waals surface area contributed by atoms with Crippen molar-refractivity contribution in [3.63, 3.8) is 0 Å². The monoisotopic (exact) mass is 441 g/mol. The van der Waals surface area contributed by atoms with Crippen molar-refractivity contribution in [2.75, 3.05) is 7.11 Å². The Labute approximate surface area is 181 Å². The third kappa shape index (κ3) is 4.98. The molecular weight excluding hydrogens is 422 g/mol. The molecular formula is C20H19N5O7. The Balaban J connectivity index is 1.62. The van der Waals surface area contributed by atoms with Gasteiger partial charge in [-0.2, -0.15) is 10.2 Å². The van der Waals surface area contributed by atoms with Gasteiger partial charge < -0.3 is 13.9 Å². The number of hydrogen-bond acceptors (Lipinski definition) is 9. The first-order valence-corrected chi connectivity index (χ1v) is 9.24. The number of nitro groups is 1. The summed E-state index contributed by atoms with van der Waals surface area (Å²) >= 11 is 0. The van der Waals surface area contributed by atoms with Crippen LogP contribution < -0.4 is 14.9 Å². The van der Waals surface area contributed by atoms with Gasteiger partial charge in [-0.1, -0.05) is 0 Å². The van der Waals surface area contributed by atoms with E-state index in [9.17, 15) is 19.7 Å². The van der Waals surface area contributed by atoms with Crippen molar-refractivity contribution in [3.8, 4) is 11.5 Å². The minimum absolute atomic E-state index is 0.0494. The zero-order valence-corrected chi connectivity index (χ0v) is 17.4. The molecule has 12 heteroatoms. The van der Waals surface area contributed by atoms with Crippen LogP contribution in [0.4, 0.5) is 5.69 Å². The zero-order chi connectivity index (χ0) is 23.3. The fourth-order valence-electron chi connectivity index (χ4n) is 2.85. The number of nitrogens with zero attached hydrogens (tertiary/aromatic N) is 4. The predicted molar refractivity (Wildman–Crippen MR) is 111 cm³/mol. The fraction of sp³-hybridized carbons (Fsp3) is 0.200. The molecule has 1 amide bonds. The quantitative estimate of drug-likeness (QED) is 0.184. The van der Waals surface area contributed by atoms with Crippen LogP contribution in [0.5, 0.6) is 11.5 Å². The normalized spacial score (nSPS) is 10.8. The Morgan fingerprint density at radius 1 is 1.31 bits per heavy atom. The first kappa shape index (κ1) is 22.2. The lowest BCUT2D eigenvalue weighted by molar-refractivity contribution is -0.386. The topological polar surface area (TPSA) is 151 Å². The van der Waals surface area contributed by atoms with E-state index >= 15 is 0 Å². The summed E-state index contributed by atoms with van der Waals surface area (Å²) in [7, 11) is 1.41. The number of hydrogen-bond donors (Lipinski definition) is 1. The summed E-state index contributed by atoms with van der Waals surface area (Å²) in [6, 6.07) is 7.72. The van der Waals surface area contributed by atoms with Gasteiger partial charge >= 0.3 is 11.7 Å². The van der Waals surface area contributed by atoms with E-state index in [1.165, 1.54) is 50.2 Å². The maximum atomic E-state index is 12.1. The molecule has 2 heterocycles. The van der Waals surface area contributed by atoms with Gasteiger partial charge in [-0.05, 0) is 49.7 Å². The molecule has 0 unspecified atom stereocenters. The molecule has 0 aliphatic carbocycles. The number of carbonyl (C=O) groups is 2. The van der Waals surface area contributed by atoms with Gasteiger partial charge in [0, 0.05) is 0 Å². The highest BCUT2D eigenvalue weighted by Crippen LogP contribution is 2.28. The molecule has 1 N–H and O–H groups in total. The van der Waals surface area contributed by atoms with Crippen LogP contribution in [0.1, 0.15) is 27.5 Å². The molecule has 3 rings (SSSR count). The van der Waals surface area contributed by atoms with E-state index in [2.05, 4.69) is 15.6 Å². The maximum absolute atomic E-state index is 12.1. The molecule has 2 aromatic heterocycles. The Morgan fingerprint density at radius 2 is 2.09 bits per heavy atom. The average Bonchev–Trinajstić information content (AvgIpc) is 3.37. The second-order valence-electron chi connectivity index (χ2n) is 6.50. The number of aryl methyl sites for hydroxylation is 1. The average molecular weight is 441 g/mol. The molecule has 0 radical (unpaired) electrons. The molecule has 1 aromatic carbocycles. The number of aromatic nitrogens is 2. The lowest BCUT2D eigenvalue weighted by Crippen LogP contribution is -2.24. The second kappa shape index (κ2) is 9.55. The summed E-state index contributed by atoms with van der Waals surface area (Å²) in [5.74, 6) is -0.686. The summed E-state index contributed by atoms with van der Waals surface area (Å²) in [6.07, 6.45) is 2.72. The number of esters is 1. The molecule has 0 saturated carbocycles. The maximum Gasteiger partial charge on any atom is 0.379 e. The van der Waals surface area contributed by atoms with Gasteiger partial charge in [0.05, 0.1) is 24.5 Å². The van der Waals surface area contributed by atoms with Crippen LogP contribution in [0.25, 0.3) is 0 Å². The summed E-state index contributed by atoms with van der Waals surface area (Å²) in [5, 5.41) is 18.9. The van der Waals surface area contributed by atoms with Crippen LogP contribution in [0.15, 0.2) is 46.1 Å². The number of rotatable bonds is 8. The van der Waals surface area contributed by atoms with Gasteiger partial charge in [-0.15, -0.1) is 0 Å². The number of nitrogens with one attached hydrogen (secondary N) is 1. The second-order valence-corrected chi connectivity index (χ2v) is 6.50. The Kier molecular flexibility index (Phi) is 6.63. The van der Waals surface area contributed by atoms with E-state index in [4.69, 9.17) is 13.9 Å². The van der Waals surface area contributed by atoms with E-state index in [0.29, 0.717) is 5.56 Å². The minimum atomic E-state index is -0.675. The highest BCUT2D eigenvalue weighted by molar-refractivity contribution is 5.89. The van der Waals surface area contributed by atoms with Gasteiger partial charge in [0.2, 0.25) is 5.76 Å². The smallest absolute Gasteiger partial charge is 0.379 e. The highest BCUT2D eigenvalue weighted by Gasteiger charge is 2.22. The third-order valence-electron chi connectivity index (χ3n) is 4.33. The van der Waals surface area contributed by atoms with Crippen LogP contribution in [0, 0.1) is 24.0 Å². The van der Waals surface area contributed by atoms with E-state index in [1.54, 1.807) is 18.2 Å². The number of carbonyl (C=O) groups excluding carboxylic acids is 2. The zero-order valence-electron chi connectivity index (χ0n) is 17.4. The van der Waals surface area contributed by atoms with Gasteiger partial charge in [0.15, 0.2) is 11.5 Å². The molecule has 0 aliphatic heterocycles. The number of benzene rings is 1. The fourth-order valence-corrected chi connectivity index (χ4v) is 2.85. The van der Waals surface area contributed by atoms with Gasteiger partial charge in [0.1, 0.15) is 17.9 Å². The number of amides is 1. The first-order valence-electron chi connectivity index (χ1n) is 9.24. The van der Waals surface area contributed by atoms with Crippen LogP contribution in [-0.2, 0) is 11.3 Å². The number of hydrazone groups is 1. The summed E-state index contributed by atoms with van der Waals surface area (Å²) in [5.41, 5.74) is 3.26. The Morgan fingerprint density at radius 3 is 2.72 bits per heavy atom. The van der Waals surface area contributed by atoms with E-state index < -0.39 is 16.8 Å². The summed E-state index contributed by atoms with van der Waals surface area (Å²) in [6.45, 7) is 2.78. The third-order valence-corrected chi connectivity index (χ3v) is 4.33. The lowest BCUT2D eigenvalue weighted by Gasteiger charge is -2.09. The van der Waals surface area contributed by atoms with E-state index in [-0.39, 0.29) is 40.9 Å². The van der Waals surface area contributed by atoms with Crippen molar-refractivity contribution in [2.24, 2.45) is 5.10 Å². The molecule has 12 nitrogen and oxygen atoms in total. The summed E-state index contributed by atoms with van der Waals surface area (Å²) in [4.78, 5) is 34.6. The number of ether oxygens (including phenoxy) is 2. The van der Waals surface area contributed by atoms with Crippen molar-refractivity contribution >= 4 is 23.8 Å². The van der Waals surface area contributed by atoms with E-state index in [0.717, 1.165) is 0 Å². The van der Waals surface area contributed by atoms with Crippen LogP contribution in [-0.4, -0.2) is 39.9 Å². The van der Waals surface area contributed by atoms with Crippen molar-refractivity contribution in [1.82, 2.24) is 15.2 Å². The molecule has 0 bridgehead atoms. The lowest BCUT2D eigenvalue weighted by atomic mass is 10.2. The molecule has 0 spiro atoms. The van der Waals surface area contributed by atoms with Gasteiger partial charge in [0.25, 0.3) is 5.91 Å². The Bertz CT molecular complexity index is 1180. The van der Waals surface area contributed by atoms with Crippen molar-refractivity contribution in [2.45, 2.75) is 20.4 Å². The largest absolute Gasteiger partial charge is 0.493 e. The Hall–Kier alpha value is -4.48. The van der Waals surface area contributed by atoms with Gasteiger partial charge in [-0.3, -0.25) is 19.6 Å². The molecule has 0 fully saturated rings. The minimum Gasteiger partial charge on any atom is -0.493 e. The highest BCUT2D eigenvalue weighted by atomic mass is 16.6. The van der Waals surface area contributed by atoms with Crippen LogP contribution in [0.2, 0.25) is 0 Å².